The van der Waals surface area contributed by atoms with Crippen LogP contribution in [0.2, 0.25) is 0 Å². The molecule has 0 heterocycles. The van der Waals surface area contributed by atoms with Gasteiger partial charge in [-0.1, -0.05) is 12.8 Å². The third-order valence-corrected chi connectivity index (χ3v) is 3.83. The van der Waals surface area contributed by atoms with Crippen molar-refractivity contribution in [1.29, 1.82) is 0 Å². The highest BCUT2D eigenvalue weighted by atomic mass is 32.2. The van der Waals surface area contributed by atoms with Crippen LogP contribution in [0.3, 0.4) is 0 Å². The van der Waals surface area contributed by atoms with Crippen molar-refractivity contribution in [1.82, 2.24) is 9.03 Å². The van der Waals surface area contributed by atoms with Gasteiger partial charge in [0.05, 0.1) is 6.54 Å². The van der Waals surface area contributed by atoms with Crippen LogP contribution in [0.15, 0.2) is 0 Å². The highest BCUT2D eigenvalue weighted by Gasteiger charge is 2.29. The van der Waals surface area contributed by atoms with Gasteiger partial charge in [0.1, 0.15) is 0 Å². The fourth-order valence-corrected chi connectivity index (χ4v) is 2.56. The summed E-state index contributed by atoms with van der Waals surface area (Å²) >= 11 is 0. The molecule has 0 saturated heterocycles. The van der Waals surface area contributed by atoms with Gasteiger partial charge in [0.2, 0.25) is 0 Å². The number of nitrogens with one attached hydrogen (secondary N) is 1. The molecule has 1 fully saturated rings. The predicted octanol–water partition coefficient (Wildman–Crippen LogP) is 0.576. The molecule has 0 aliphatic heterocycles. The summed E-state index contributed by atoms with van der Waals surface area (Å²) in [4.78, 5) is 0. The van der Waals surface area contributed by atoms with E-state index in [0.717, 1.165) is 19.3 Å². The van der Waals surface area contributed by atoms with Crippen molar-refractivity contribution in [3.63, 3.8) is 0 Å². The van der Waals surface area contributed by atoms with Gasteiger partial charge in [-0.15, -0.1) is 6.42 Å². The first-order chi connectivity index (χ1) is 7.10. The Labute approximate surface area is 92.2 Å². The molecule has 1 N–H and O–H groups in total. The minimum absolute atomic E-state index is 0.162. The minimum atomic E-state index is -3.36. The lowest BCUT2D eigenvalue weighted by atomic mass is 10.4. The standard InChI is InChI=1S/C10H18N2O2S/c1-3-7-11-15(13,14)12(8-4-2)9-10-5-6-10/h2,10-11H,3,5-9H2,1H3. The largest absolute Gasteiger partial charge is 0.280 e. The average Bonchev–Trinajstić information content (AvgIpc) is 2.98. The molecule has 0 aromatic heterocycles. The summed E-state index contributed by atoms with van der Waals surface area (Å²) in [5.41, 5.74) is 0. The third-order valence-electron chi connectivity index (χ3n) is 2.30. The van der Waals surface area contributed by atoms with Crippen molar-refractivity contribution in [2.75, 3.05) is 19.6 Å². The second kappa shape index (κ2) is 5.50. The maximum absolute atomic E-state index is 11.8. The normalized spacial score (nSPS) is 16.6. The smallest absolute Gasteiger partial charge is 0.202 e. The molecule has 0 bridgehead atoms. The molecule has 0 amide bonds. The molecule has 1 aliphatic rings. The van der Waals surface area contributed by atoms with Gasteiger partial charge in [0, 0.05) is 13.1 Å². The van der Waals surface area contributed by atoms with Gasteiger partial charge in [-0.25, -0.2) is 4.72 Å². The van der Waals surface area contributed by atoms with Crippen molar-refractivity contribution in [3.8, 4) is 12.3 Å². The highest BCUT2D eigenvalue weighted by molar-refractivity contribution is 7.87. The molecule has 15 heavy (non-hydrogen) atoms. The summed E-state index contributed by atoms with van der Waals surface area (Å²) in [6.07, 6.45) is 8.18. The molecule has 4 nitrogen and oxygen atoms in total. The van der Waals surface area contributed by atoms with Crippen LogP contribution < -0.4 is 4.72 Å². The molecule has 0 spiro atoms. The summed E-state index contributed by atoms with van der Waals surface area (Å²) in [5.74, 6) is 2.90. The molecule has 1 aliphatic carbocycles. The van der Waals surface area contributed by atoms with E-state index in [-0.39, 0.29) is 6.54 Å². The van der Waals surface area contributed by atoms with Gasteiger partial charge < -0.3 is 0 Å². The quantitative estimate of drug-likeness (QED) is 0.650. The van der Waals surface area contributed by atoms with E-state index in [4.69, 9.17) is 6.42 Å². The van der Waals surface area contributed by atoms with E-state index in [1.807, 2.05) is 6.92 Å². The van der Waals surface area contributed by atoms with Crippen molar-refractivity contribution < 1.29 is 8.42 Å². The van der Waals surface area contributed by atoms with Crippen molar-refractivity contribution in [2.45, 2.75) is 26.2 Å². The van der Waals surface area contributed by atoms with Gasteiger partial charge >= 0.3 is 0 Å². The molecule has 1 rings (SSSR count). The fraction of sp³-hybridized carbons (Fsp3) is 0.800. The Morgan fingerprint density at radius 2 is 2.20 bits per heavy atom. The van der Waals surface area contributed by atoms with Crippen LogP contribution >= 0.6 is 0 Å². The minimum Gasteiger partial charge on any atom is -0.202 e. The third kappa shape index (κ3) is 4.20. The van der Waals surface area contributed by atoms with Crippen LogP contribution in [0, 0.1) is 18.3 Å². The molecular weight excluding hydrogens is 212 g/mol. The number of hydrogen-bond donors (Lipinski definition) is 1. The molecular formula is C10H18N2O2S. The van der Waals surface area contributed by atoms with Gasteiger partial charge in [0.25, 0.3) is 10.2 Å². The zero-order valence-corrected chi connectivity index (χ0v) is 9.89. The second-order valence-corrected chi connectivity index (χ2v) is 5.59. The lowest BCUT2D eigenvalue weighted by Crippen LogP contribution is -2.42. The van der Waals surface area contributed by atoms with Crippen LogP contribution in [0.1, 0.15) is 26.2 Å². The van der Waals surface area contributed by atoms with E-state index in [1.165, 1.54) is 4.31 Å². The zero-order chi connectivity index (χ0) is 11.3. The summed E-state index contributed by atoms with van der Waals surface area (Å²) in [6, 6.07) is 0. The first kappa shape index (κ1) is 12.5. The first-order valence-corrected chi connectivity index (χ1v) is 6.72. The van der Waals surface area contributed by atoms with Gasteiger partial charge in [-0.2, -0.15) is 12.7 Å². The Bertz CT molecular complexity index is 328. The Kier molecular flexibility index (Phi) is 4.58. The molecule has 0 aromatic carbocycles. The van der Waals surface area contributed by atoms with E-state index in [0.29, 0.717) is 19.0 Å². The van der Waals surface area contributed by atoms with E-state index >= 15 is 0 Å². The van der Waals surface area contributed by atoms with Crippen LogP contribution in [-0.2, 0) is 10.2 Å². The van der Waals surface area contributed by atoms with Crippen molar-refractivity contribution in [2.24, 2.45) is 5.92 Å². The lowest BCUT2D eigenvalue weighted by molar-refractivity contribution is 0.421. The number of rotatable bonds is 7. The Morgan fingerprint density at radius 3 is 2.67 bits per heavy atom. The zero-order valence-electron chi connectivity index (χ0n) is 9.07. The SMILES string of the molecule is C#CCN(CC1CC1)S(=O)(=O)NCCC. The summed E-state index contributed by atoms with van der Waals surface area (Å²) < 4.78 is 27.4. The molecule has 0 radical (unpaired) electrons. The molecule has 5 heteroatoms. The van der Waals surface area contributed by atoms with Gasteiger partial charge in [-0.05, 0) is 25.2 Å². The Hall–Kier alpha value is -0.570. The summed E-state index contributed by atoms with van der Waals surface area (Å²) in [7, 11) is -3.36. The predicted molar refractivity (Wildman–Crippen MR) is 60.3 cm³/mol. The maximum atomic E-state index is 11.8. The molecule has 1 saturated carbocycles. The summed E-state index contributed by atoms with van der Waals surface area (Å²) in [5, 5.41) is 0. The number of terminal acetylenes is 1. The summed E-state index contributed by atoms with van der Waals surface area (Å²) in [6.45, 7) is 3.11. The molecule has 0 aromatic rings. The Morgan fingerprint density at radius 1 is 1.53 bits per heavy atom. The van der Waals surface area contributed by atoms with Gasteiger partial charge in [-0.3, -0.25) is 0 Å². The fourth-order valence-electron chi connectivity index (χ4n) is 1.26. The maximum Gasteiger partial charge on any atom is 0.280 e. The topological polar surface area (TPSA) is 49.4 Å². The second-order valence-electron chi connectivity index (χ2n) is 3.84. The van der Waals surface area contributed by atoms with Crippen molar-refractivity contribution in [3.05, 3.63) is 0 Å². The molecule has 0 atom stereocenters. The monoisotopic (exact) mass is 230 g/mol. The van der Waals surface area contributed by atoms with E-state index < -0.39 is 10.2 Å². The number of hydrogen-bond acceptors (Lipinski definition) is 2. The first-order valence-electron chi connectivity index (χ1n) is 5.28. The number of nitrogens with zero attached hydrogens (tertiary/aromatic N) is 1. The lowest BCUT2D eigenvalue weighted by Gasteiger charge is -2.19. The van der Waals surface area contributed by atoms with Gasteiger partial charge in [0.15, 0.2) is 0 Å². The average molecular weight is 230 g/mol. The molecule has 0 unspecified atom stereocenters. The Balaban J connectivity index is 2.55. The van der Waals surface area contributed by atoms with Crippen LogP contribution in [-0.4, -0.2) is 32.4 Å². The van der Waals surface area contributed by atoms with Crippen molar-refractivity contribution >= 4 is 10.2 Å². The van der Waals surface area contributed by atoms with E-state index in [2.05, 4.69) is 10.6 Å². The van der Waals surface area contributed by atoms with E-state index in [9.17, 15) is 8.42 Å². The highest BCUT2D eigenvalue weighted by Crippen LogP contribution is 2.30. The molecule has 86 valence electrons. The van der Waals surface area contributed by atoms with E-state index in [1.54, 1.807) is 0 Å². The van der Waals surface area contributed by atoms with Crippen LogP contribution in [0.4, 0.5) is 0 Å². The van der Waals surface area contributed by atoms with Crippen LogP contribution in [0.25, 0.3) is 0 Å². The van der Waals surface area contributed by atoms with Crippen LogP contribution in [0.5, 0.6) is 0 Å².